The fourth-order valence-electron chi connectivity index (χ4n) is 3.77. The van der Waals surface area contributed by atoms with Gasteiger partial charge in [0.2, 0.25) is 0 Å². The molecule has 0 aliphatic carbocycles. The van der Waals surface area contributed by atoms with Crippen molar-refractivity contribution >= 4 is 11.7 Å². The first-order valence-electron chi connectivity index (χ1n) is 8.81. The largest absolute Gasteiger partial charge is 0.345 e. The Kier molecular flexibility index (Phi) is 4.65. The van der Waals surface area contributed by atoms with Crippen LogP contribution in [0.3, 0.4) is 0 Å². The second kappa shape index (κ2) is 6.71. The highest BCUT2D eigenvalue weighted by Crippen LogP contribution is 2.32. The fraction of sp³-hybridized carbons (Fsp3) is 0.450. The van der Waals surface area contributed by atoms with E-state index in [1.165, 1.54) is 22.5 Å². The second-order valence-corrected chi connectivity index (χ2v) is 6.86. The summed E-state index contributed by atoms with van der Waals surface area (Å²) >= 11 is 0. The number of aromatic nitrogens is 1. The molecular weight excluding hydrogens is 298 g/mol. The average Bonchev–Trinajstić information content (AvgIpc) is 2.88. The molecule has 0 spiro atoms. The van der Waals surface area contributed by atoms with E-state index in [1.54, 1.807) is 0 Å². The molecule has 2 heterocycles. The molecule has 1 aliphatic rings. The molecule has 1 aliphatic heterocycles. The van der Waals surface area contributed by atoms with Crippen molar-refractivity contribution in [2.45, 2.75) is 53.1 Å². The Morgan fingerprint density at radius 2 is 1.83 bits per heavy atom. The lowest BCUT2D eigenvalue weighted by atomic mass is 10.0. The molecule has 24 heavy (non-hydrogen) atoms. The molecule has 4 heteroatoms. The number of urea groups is 1. The first-order chi connectivity index (χ1) is 11.5. The molecule has 128 valence electrons. The molecule has 1 aromatic heterocycles. The molecule has 2 amide bonds. The summed E-state index contributed by atoms with van der Waals surface area (Å²) in [7, 11) is 0. The number of rotatable bonds is 3. The Morgan fingerprint density at radius 1 is 1.12 bits per heavy atom. The van der Waals surface area contributed by atoms with Crippen molar-refractivity contribution < 1.29 is 4.79 Å². The van der Waals surface area contributed by atoms with E-state index >= 15 is 0 Å². The van der Waals surface area contributed by atoms with Crippen LogP contribution in [0.2, 0.25) is 0 Å². The van der Waals surface area contributed by atoms with Gasteiger partial charge in [0.15, 0.2) is 0 Å². The van der Waals surface area contributed by atoms with Gasteiger partial charge in [0, 0.05) is 30.2 Å². The van der Waals surface area contributed by atoms with Crippen LogP contribution in [-0.4, -0.2) is 22.0 Å². The third-order valence-electron chi connectivity index (χ3n) is 4.81. The van der Waals surface area contributed by atoms with Crippen LogP contribution in [0.15, 0.2) is 30.3 Å². The summed E-state index contributed by atoms with van der Waals surface area (Å²) in [6, 6.07) is 10.7. The third-order valence-corrected chi connectivity index (χ3v) is 4.81. The zero-order valence-electron chi connectivity index (χ0n) is 15.1. The molecule has 0 fully saturated rings. The number of carbonyl (C=O) groups excluding carboxylic acids is 1. The molecule has 1 N–H and O–H groups in total. The van der Waals surface area contributed by atoms with E-state index in [1.807, 2.05) is 17.0 Å². The monoisotopic (exact) mass is 325 g/mol. The number of anilines is 1. The molecule has 0 saturated carbocycles. The first kappa shape index (κ1) is 16.6. The Hall–Kier alpha value is -2.23. The zero-order valence-corrected chi connectivity index (χ0v) is 15.1. The maximum absolute atomic E-state index is 12.9. The van der Waals surface area contributed by atoms with E-state index in [9.17, 15) is 4.79 Å². The van der Waals surface area contributed by atoms with Gasteiger partial charge in [-0.2, -0.15) is 0 Å². The number of fused-ring (bicyclic) bond motifs is 1. The lowest BCUT2D eigenvalue weighted by Crippen LogP contribution is -2.44. The van der Waals surface area contributed by atoms with Crippen molar-refractivity contribution in [1.82, 2.24) is 9.47 Å². The topological polar surface area (TPSA) is 37.3 Å². The standard InChI is InChI=1S/C20H27N3O/c1-5-6-18-19-8-7-16(4)22(19)9-10-23(18)20(24)21-17-12-14(2)11-15(3)13-17/h7-8,11-13,18H,5-6,9-10H2,1-4H3,(H,21,24)/t18-/m1/s1. The van der Waals surface area contributed by atoms with Crippen LogP contribution < -0.4 is 5.32 Å². The van der Waals surface area contributed by atoms with E-state index in [2.05, 4.69) is 55.8 Å². The van der Waals surface area contributed by atoms with E-state index in [-0.39, 0.29) is 12.1 Å². The molecule has 1 atom stereocenters. The van der Waals surface area contributed by atoms with E-state index in [0.717, 1.165) is 31.6 Å². The number of amides is 2. The van der Waals surface area contributed by atoms with Crippen LogP contribution in [-0.2, 0) is 6.54 Å². The van der Waals surface area contributed by atoms with Gasteiger partial charge in [0.05, 0.1) is 6.04 Å². The molecule has 0 radical (unpaired) electrons. The smallest absolute Gasteiger partial charge is 0.322 e. The van der Waals surface area contributed by atoms with Gasteiger partial charge in [-0.3, -0.25) is 0 Å². The highest BCUT2D eigenvalue weighted by atomic mass is 16.2. The van der Waals surface area contributed by atoms with Gasteiger partial charge in [0.25, 0.3) is 0 Å². The van der Waals surface area contributed by atoms with Gasteiger partial charge < -0.3 is 14.8 Å². The minimum atomic E-state index is 0.00329. The van der Waals surface area contributed by atoms with Crippen LogP contribution in [0.4, 0.5) is 10.5 Å². The summed E-state index contributed by atoms with van der Waals surface area (Å²) in [5.74, 6) is 0. The zero-order chi connectivity index (χ0) is 17.3. The summed E-state index contributed by atoms with van der Waals surface area (Å²) in [6.07, 6.45) is 2.05. The van der Waals surface area contributed by atoms with Crippen molar-refractivity contribution in [3.8, 4) is 0 Å². The van der Waals surface area contributed by atoms with E-state index in [0.29, 0.717) is 0 Å². The van der Waals surface area contributed by atoms with E-state index in [4.69, 9.17) is 0 Å². The van der Waals surface area contributed by atoms with Gasteiger partial charge in [-0.15, -0.1) is 0 Å². The van der Waals surface area contributed by atoms with Crippen molar-refractivity contribution in [1.29, 1.82) is 0 Å². The highest BCUT2D eigenvalue weighted by molar-refractivity contribution is 5.90. The molecule has 2 aromatic rings. The number of benzene rings is 1. The SMILES string of the molecule is CCC[C@@H]1c2ccc(C)n2CCN1C(=O)Nc1cc(C)cc(C)c1. The van der Waals surface area contributed by atoms with Gasteiger partial charge in [-0.05, 0) is 62.6 Å². The van der Waals surface area contributed by atoms with Crippen LogP contribution in [0.5, 0.6) is 0 Å². The highest BCUT2D eigenvalue weighted by Gasteiger charge is 2.31. The molecule has 0 bridgehead atoms. The Bertz CT molecular complexity index is 727. The number of hydrogen-bond acceptors (Lipinski definition) is 1. The van der Waals surface area contributed by atoms with Gasteiger partial charge in [-0.25, -0.2) is 4.79 Å². The Balaban J connectivity index is 1.83. The predicted molar refractivity (Wildman–Crippen MR) is 98.5 cm³/mol. The number of carbonyl (C=O) groups is 1. The lowest BCUT2D eigenvalue weighted by molar-refractivity contribution is 0.162. The summed E-state index contributed by atoms with van der Waals surface area (Å²) in [5, 5.41) is 3.10. The first-order valence-corrected chi connectivity index (χ1v) is 8.81. The quantitative estimate of drug-likeness (QED) is 0.864. The molecule has 0 saturated heterocycles. The van der Waals surface area contributed by atoms with Crippen LogP contribution in [0.25, 0.3) is 0 Å². The molecule has 4 nitrogen and oxygen atoms in total. The maximum atomic E-state index is 12.9. The molecule has 3 rings (SSSR count). The van der Waals surface area contributed by atoms with Crippen molar-refractivity contribution in [3.63, 3.8) is 0 Å². The lowest BCUT2D eigenvalue weighted by Gasteiger charge is -2.37. The minimum absolute atomic E-state index is 0.00329. The van der Waals surface area contributed by atoms with Crippen LogP contribution >= 0.6 is 0 Å². The number of nitrogens with zero attached hydrogens (tertiary/aromatic N) is 2. The number of aryl methyl sites for hydroxylation is 3. The van der Waals surface area contributed by atoms with Gasteiger partial charge >= 0.3 is 6.03 Å². The predicted octanol–water partition coefficient (Wildman–Crippen LogP) is 4.80. The Morgan fingerprint density at radius 3 is 2.50 bits per heavy atom. The summed E-state index contributed by atoms with van der Waals surface area (Å²) in [5.41, 5.74) is 5.75. The minimum Gasteiger partial charge on any atom is -0.345 e. The van der Waals surface area contributed by atoms with Crippen LogP contribution in [0.1, 0.15) is 48.3 Å². The Labute approximate surface area is 144 Å². The summed E-state index contributed by atoms with van der Waals surface area (Å²) < 4.78 is 2.35. The van der Waals surface area contributed by atoms with Gasteiger partial charge in [-0.1, -0.05) is 19.4 Å². The van der Waals surface area contributed by atoms with Crippen molar-refractivity contribution in [2.24, 2.45) is 0 Å². The van der Waals surface area contributed by atoms with Crippen molar-refractivity contribution in [3.05, 3.63) is 52.8 Å². The molecule has 1 aromatic carbocycles. The van der Waals surface area contributed by atoms with Crippen molar-refractivity contribution in [2.75, 3.05) is 11.9 Å². The number of nitrogens with one attached hydrogen (secondary N) is 1. The van der Waals surface area contributed by atoms with Crippen LogP contribution in [0, 0.1) is 20.8 Å². The normalized spacial score (nSPS) is 16.8. The second-order valence-electron chi connectivity index (χ2n) is 6.86. The third kappa shape index (κ3) is 3.18. The molecular formula is C20H27N3O. The fourth-order valence-corrected chi connectivity index (χ4v) is 3.77. The van der Waals surface area contributed by atoms with E-state index < -0.39 is 0 Å². The summed E-state index contributed by atoms with van der Waals surface area (Å²) in [6.45, 7) is 10.0. The number of hydrogen-bond donors (Lipinski definition) is 1. The average molecular weight is 325 g/mol. The summed E-state index contributed by atoms with van der Waals surface area (Å²) in [4.78, 5) is 14.9. The maximum Gasteiger partial charge on any atom is 0.322 e. The van der Waals surface area contributed by atoms with Gasteiger partial charge in [0.1, 0.15) is 0 Å². The molecule has 0 unspecified atom stereocenters.